The molecule has 1 saturated carbocycles. The number of para-hydroxylation sites is 1. The molecule has 0 atom stereocenters. The topological polar surface area (TPSA) is 20.2 Å². The van der Waals surface area contributed by atoms with Crippen molar-refractivity contribution < 1.29 is 5.11 Å². The van der Waals surface area contributed by atoms with Gasteiger partial charge in [-0.3, -0.25) is 0 Å². The molecule has 1 heteroatoms. The van der Waals surface area contributed by atoms with Crippen LogP contribution in [-0.4, -0.2) is 5.11 Å². The Morgan fingerprint density at radius 3 is 2.45 bits per heavy atom. The van der Waals surface area contributed by atoms with Crippen molar-refractivity contribution in [2.24, 2.45) is 0 Å². The Morgan fingerprint density at radius 2 is 1.91 bits per heavy atom. The SMILES string of the molecule is CC1(c2ccccc2O)CC1. The minimum atomic E-state index is 0.283. The number of phenols is 1. The van der Waals surface area contributed by atoms with E-state index in [1.54, 1.807) is 6.07 Å². The smallest absolute Gasteiger partial charge is 0.119 e. The van der Waals surface area contributed by atoms with E-state index in [9.17, 15) is 5.11 Å². The van der Waals surface area contributed by atoms with E-state index in [0.717, 1.165) is 5.56 Å². The summed E-state index contributed by atoms with van der Waals surface area (Å²) in [4.78, 5) is 0. The second-order valence-corrected chi connectivity index (χ2v) is 3.58. The van der Waals surface area contributed by atoms with Gasteiger partial charge in [0.15, 0.2) is 0 Å². The van der Waals surface area contributed by atoms with Crippen molar-refractivity contribution in [1.82, 2.24) is 0 Å². The molecular formula is C10H12O. The summed E-state index contributed by atoms with van der Waals surface area (Å²) in [7, 11) is 0. The molecule has 1 aromatic rings. The van der Waals surface area contributed by atoms with E-state index in [2.05, 4.69) is 6.92 Å². The minimum absolute atomic E-state index is 0.283. The van der Waals surface area contributed by atoms with Crippen molar-refractivity contribution in [3.8, 4) is 5.75 Å². The van der Waals surface area contributed by atoms with Crippen LogP contribution in [0, 0.1) is 0 Å². The molecule has 0 saturated heterocycles. The third-order valence-electron chi connectivity index (χ3n) is 2.55. The Labute approximate surface area is 66.7 Å². The quantitative estimate of drug-likeness (QED) is 0.648. The number of rotatable bonds is 1. The van der Waals surface area contributed by atoms with E-state index < -0.39 is 0 Å². The molecule has 1 aromatic carbocycles. The molecule has 0 aliphatic heterocycles. The lowest BCUT2D eigenvalue weighted by Gasteiger charge is -2.09. The van der Waals surface area contributed by atoms with Crippen LogP contribution in [0.2, 0.25) is 0 Å². The highest BCUT2D eigenvalue weighted by Crippen LogP contribution is 2.50. The maximum Gasteiger partial charge on any atom is 0.119 e. The van der Waals surface area contributed by atoms with Gasteiger partial charge < -0.3 is 5.11 Å². The third-order valence-corrected chi connectivity index (χ3v) is 2.55. The van der Waals surface area contributed by atoms with Gasteiger partial charge in [-0.05, 0) is 29.9 Å². The van der Waals surface area contributed by atoms with Crippen LogP contribution < -0.4 is 0 Å². The van der Waals surface area contributed by atoms with E-state index in [1.807, 2.05) is 18.2 Å². The van der Waals surface area contributed by atoms with Crippen molar-refractivity contribution in [3.05, 3.63) is 29.8 Å². The molecule has 1 aliphatic rings. The number of hydrogen-bond acceptors (Lipinski definition) is 1. The monoisotopic (exact) mass is 148 g/mol. The average molecular weight is 148 g/mol. The lowest BCUT2D eigenvalue weighted by Crippen LogP contribution is -1.98. The number of phenolic OH excluding ortho intramolecular Hbond substituents is 1. The molecule has 11 heavy (non-hydrogen) atoms. The molecule has 1 fully saturated rings. The third kappa shape index (κ3) is 1.01. The maximum atomic E-state index is 9.49. The van der Waals surface area contributed by atoms with Gasteiger partial charge in [0.2, 0.25) is 0 Å². The average Bonchev–Trinajstić information content (AvgIpc) is 2.70. The molecule has 0 radical (unpaired) electrons. The van der Waals surface area contributed by atoms with Gasteiger partial charge in [-0.2, -0.15) is 0 Å². The largest absolute Gasteiger partial charge is 0.508 e. The first kappa shape index (κ1) is 6.71. The van der Waals surface area contributed by atoms with Gasteiger partial charge in [-0.25, -0.2) is 0 Å². The molecular weight excluding hydrogens is 136 g/mol. The number of hydrogen-bond donors (Lipinski definition) is 1. The fourth-order valence-electron chi connectivity index (χ4n) is 1.44. The van der Waals surface area contributed by atoms with Gasteiger partial charge in [0.25, 0.3) is 0 Å². The molecule has 1 nitrogen and oxygen atoms in total. The highest BCUT2D eigenvalue weighted by molar-refractivity contribution is 5.41. The lowest BCUT2D eigenvalue weighted by molar-refractivity contribution is 0.461. The van der Waals surface area contributed by atoms with Gasteiger partial charge in [0, 0.05) is 0 Å². The summed E-state index contributed by atoms with van der Waals surface area (Å²) in [6.07, 6.45) is 2.43. The zero-order chi connectivity index (χ0) is 7.90. The van der Waals surface area contributed by atoms with Crippen molar-refractivity contribution in [2.45, 2.75) is 25.2 Å². The fraction of sp³-hybridized carbons (Fsp3) is 0.400. The molecule has 1 aliphatic carbocycles. The molecule has 58 valence electrons. The summed E-state index contributed by atoms with van der Waals surface area (Å²) in [5.74, 6) is 0.451. The predicted molar refractivity (Wildman–Crippen MR) is 44.7 cm³/mol. The Hall–Kier alpha value is -0.980. The first-order valence-corrected chi connectivity index (χ1v) is 4.01. The van der Waals surface area contributed by atoms with E-state index in [-0.39, 0.29) is 5.41 Å². The summed E-state index contributed by atoms with van der Waals surface area (Å²) in [6.45, 7) is 2.20. The summed E-state index contributed by atoms with van der Waals surface area (Å²) < 4.78 is 0. The van der Waals surface area contributed by atoms with Gasteiger partial charge >= 0.3 is 0 Å². The van der Waals surface area contributed by atoms with Gasteiger partial charge in [0.05, 0.1) is 0 Å². The first-order chi connectivity index (χ1) is 5.22. The number of aromatic hydroxyl groups is 1. The fourth-order valence-corrected chi connectivity index (χ4v) is 1.44. The highest BCUT2D eigenvalue weighted by atomic mass is 16.3. The van der Waals surface area contributed by atoms with Crippen LogP contribution in [-0.2, 0) is 5.41 Å². The van der Waals surface area contributed by atoms with Crippen LogP contribution >= 0.6 is 0 Å². The van der Waals surface area contributed by atoms with Crippen LogP contribution in [0.1, 0.15) is 25.3 Å². The molecule has 2 rings (SSSR count). The second-order valence-electron chi connectivity index (χ2n) is 3.58. The van der Waals surface area contributed by atoms with Crippen LogP contribution in [0.3, 0.4) is 0 Å². The lowest BCUT2D eigenvalue weighted by atomic mass is 9.98. The van der Waals surface area contributed by atoms with Crippen molar-refractivity contribution >= 4 is 0 Å². The normalized spacial score (nSPS) is 19.7. The standard InChI is InChI=1S/C10H12O/c1-10(6-7-10)8-4-2-3-5-9(8)11/h2-5,11H,6-7H2,1H3. The van der Waals surface area contributed by atoms with E-state index >= 15 is 0 Å². The maximum absolute atomic E-state index is 9.49. The summed E-state index contributed by atoms with van der Waals surface area (Å²) >= 11 is 0. The molecule has 0 unspecified atom stereocenters. The number of benzene rings is 1. The van der Waals surface area contributed by atoms with Crippen molar-refractivity contribution in [2.75, 3.05) is 0 Å². The highest BCUT2D eigenvalue weighted by Gasteiger charge is 2.40. The molecule has 0 aromatic heterocycles. The predicted octanol–water partition coefficient (Wildman–Crippen LogP) is 2.44. The van der Waals surface area contributed by atoms with E-state index in [0.29, 0.717) is 5.75 Å². The van der Waals surface area contributed by atoms with Crippen LogP contribution in [0.4, 0.5) is 0 Å². The van der Waals surface area contributed by atoms with Crippen LogP contribution in [0.25, 0.3) is 0 Å². The molecule has 0 bridgehead atoms. The summed E-state index contributed by atoms with van der Waals surface area (Å²) in [6, 6.07) is 7.63. The molecule has 1 N–H and O–H groups in total. The first-order valence-electron chi connectivity index (χ1n) is 4.01. The zero-order valence-electron chi connectivity index (χ0n) is 6.67. The van der Waals surface area contributed by atoms with E-state index in [4.69, 9.17) is 0 Å². The minimum Gasteiger partial charge on any atom is -0.508 e. The van der Waals surface area contributed by atoms with Crippen LogP contribution in [0.15, 0.2) is 24.3 Å². The molecule has 0 heterocycles. The van der Waals surface area contributed by atoms with Gasteiger partial charge in [0.1, 0.15) is 5.75 Å². The van der Waals surface area contributed by atoms with Crippen molar-refractivity contribution in [1.29, 1.82) is 0 Å². The van der Waals surface area contributed by atoms with Gasteiger partial charge in [-0.15, -0.1) is 0 Å². The van der Waals surface area contributed by atoms with Gasteiger partial charge in [-0.1, -0.05) is 25.1 Å². The summed E-state index contributed by atoms with van der Waals surface area (Å²) in [5.41, 5.74) is 1.39. The second kappa shape index (κ2) is 2.00. The molecule has 0 spiro atoms. The Bertz CT molecular complexity index is 274. The van der Waals surface area contributed by atoms with Crippen LogP contribution in [0.5, 0.6) is 5.75 Å². The Morgan fingerprint density at radius 1 is 1.27 bits per heavy atom. The molecule has 0 amide bonds. The zero-order valence-corrected chi connectivity index (χ0v) is 6.67. The van der Waals surface area contributed by atoms with Crippen molar-refractivity contribution in [3.63, 3.8) is 0 Å². The Balaban J connectivity index is 2.45. The Kier molecular flexibility index (Phi) is 1.22. The van der Waals surface area contributed by atoms with E-state index in [1.165, 1.54) is 12.8 Å². The summed E-state index contributed by atoms with van der Waals surface area (Å²) in [5, 5.41) is 9.49.